The largest absolute Gasteiger partial charge is 0.396 e. The van der Waals surface area contributed by atoms with Crippen LogP contribution < -0.4 is 5.32 Å². The molecule has 0 spiro atoms. The Morgan fingerprint density at radius 2 is 2.00 bits per heavy atom. The van der Waals surface area contributed by atoms with Crippen molar-refractivity contribution >= 4 is 11.6 Å². The zero-order valence-electron chi connectivity index (χ0n) is 9.10. The van der Waals surface area contributed by atoms with Crippen molar-refractivity contribution in [2.75, 3.05) is 11.9 Å². The number of aliphatic hydroxyl groups excluding tert-OH is 1. The van der Waals surface area contributed by atoms with E-state index in [1.165, 1.54) is 12.1 Å². The van der Waals surface area contributed by atoms with Crippen LogP contribution in [-0.4, -0.2) is 17.6 Å². The van der Waals surface area contributed by atoms with Gasteiger partial charge in [0.15, 0.2) is 0 Å². The number of hydrogen-bond donors (Lipinski definition) is 2. The molecule has 0 saturated heterocycles. The standard InChI is InChI=1S/C12H11N3O2/c13-7-9-3-4-11(6-10(9)8-14)15-12(17)2-1-5-16/h3-4,6,16H,1-2,5H2,(H,15,17). The average molecular weight is 229 g/mol. The molecular formula is C12H11N3O2. The van der Waals surface area contributed by atoms with Crippen molar-refractivity contribution in [1.29, 1.82) is 10.5 Å². The van der Waals surface area contributed by atoms with E-state index in [0.717, 1.165) is 0 Å². The summed E-state index contributed by atoms with van der Waals surface area (Å²) < 4.78 is 0. The summed E-state index contributed by atoms with van der Waals surface area (Å²) in [5.74, 6) is -0.229. The molecule has 0 fully saturated rings. The SMILES string of the molecule is N#Cc1ccc(NC(=O)CCCO)cc1C#N. The molecule has 0 atom stereocenters. The molecule has 5 heteroatoms. The molecule has 1 aromatic carbocycles. The number of hydrogen-bond acceptors (Lipinski definition) is 4. The monoisotopic (exact) mass is 229 g/mol. The number of carbonyl (C=O) groups is 1. The van der Waals surface area contributed by atoms with Crippen LogP contribution in [0, 0.1) is 22.7 Å². The number of rotatable bonds is 4. The molecule has 0 aliphatic heterocycles. The summed E-state index contributed by atoms with van der Waals surface area (Å²) in [5, 5.41) is 28.7. The van der Waals surface area contributed by atoms with E-state index in [0.29, 0.717) is 12.1 Å². The summed E-state index contributed by atoms with van der Waals surface area (Å²) >= 11 is 0. The van der Waals surface area contributed by atoms with Crippen molar-refractivity contribution in [2.24, 2.45) is 0 Å². The second-order valence-corrected chi connectivity index (χ2v) is 3.36. The third kappa shape index (κ3) is 3.60. The Labute approximate surface area is 98.9 Å². The van der Waals surface area contributed by atoms with Gasteiger partial charge in [-0.15, -0.1) is 0 Å². The Kier molecular flexibility index (Phi) is 4.68. The summed E-state index contributed by atoms with van der Waals surface area (Å²) in [4.78, 5) is 11.4. The lowest BCUT2D eigenvalue weighted by molar-refractivity contribution is -0.116. The second kappa shape index (κ2) is 6.26. The maximum Gasteiger partial charge on any atom is 0.224 e. The van der Waals surface area contributed by atoms with Crippen molar-refractivity contribution in [3.8, 4) is 12.1 Å². The van der Waals surface area contributed by atoms with Crippen LogP contribution in [0.2, 0.25) is 0 Å². The number of nitrogens with one attached hydrogen (secondary N) is 1. The van der Waals surface area contributed by atoms with Gasteiger partial charge >= 0.3 is 0 Å². The highest BCUT2D eigenvalue weighted by Gasteiger charge is 2.05. The molecule has 1 aromatic rings. The van der Waals surface area contributed by atoms with E-state index in [1.807, 2.05) is 12.1 Å². The zero-order chi connectivity index (χ0) is 12.7. The fourth-order valence-electron chi connectivity index (χ4n) is 1.28. The lowest BCUT2D eigenvalue weighted by atomic mass is 10.1. The summed E-state index contributed by atoms with van der Waals surface area (Å²) in [6, 6.07) is 8.29. The van der Waals surface area contributed by atoms with Crippen LogP contribution in [0.25, 0.3) is 0 Å². The average Bonchev–Trinajstić information content (AvgIpc) is 2.36. The summed E-state index contributed by atoms with van der Waals surface area (Å²) in [5.41, 5.74) is 0.983. The molecule has 0 aliphatic carbocycles. The molecule has 0 heterocycles. The maximum atomic E-state index is 11.4. The summed E-state index contributed by atoms with van der Waals surface area (Å²) in [6.07, 6.45) is 0.617. The zero-order valence-corrected chi connectivity index (χ0v) is 9.10. The Hall–Kier alpha value is -2.37. The van der Waals surface area contributed by atoms with Gasteiger partial charge in [-0.05, 0) is 24.6 Å². The highest BCUT2D eigenvalue weighted by Crippen LogP contribution is 2.14. The van der Waals surface area contributed by atoms with Crippen molar-refractivity contribution in [2.45, 2.75) is 12.8 Å². The minimum absolute atomic E-state index is 0.0375. The van der Waals surface area contributed by atoms with Crippen molar-refractivity contribution < 1.29 is 9.90 Å². The number of aliphatic hydroxyl groups is 1. The molecule has 0 saturated carbocycles. The number of nitrogens with zero attached hydrogens (tertiary/aromatic N) is 2. The summed E-state index contributed by atoms with van der Waals surface area (Å²) in [6.45, 7) is -0.0375. The second-order valence-electron chi connectivity index (χ2n) is 3.36. The van der Waals surface area contributed by atoms with Crippen molar-refractivity contribution in [3.05, 3.63) is 29.3 Å². The third-order valence-electron chi connectivity index (χ3n) is 2.11. The van der Waals surface area contributed by atoms with Gasteiger partial charge in [-0.2, -0.15) is 10.5 Å². The van der Waals surface area contributed by atoms with Gasteiger partial charge in [-0.25, -0.2) is 0 Å². The Balaban J connectivity index is 2.77. The van der Waals surface area contributed by atoms with Gasteiger partial charge in [-0.3, -0.25) is 4.79 Å². The molecule has 0 bridgehead atoms. The van der Waals surface area contributed by atoms with Crippen LogP contribution >= 0.6 is 0 Å². The van der Waals surface area contributed by atoms with Crippen LogP contribution in [0.1, 0.15) is 24.0 Å². The van der Waals surface area contributed by atoms with Crippen LogP contribution in [0.5, 0.6) is 0 Å². The Bertz CT molecular complexity index is 497. The number of nitriles is 2. The first-order valence-electron chi connectivity index (χ1n) is 5.06. The first-order valence-corrected chi connectivity index (χ1v) is 5.06. The molecule has 0 unspecified atom stereocenters. The summed E-state index contributed by atoms with van der Waals surface area (Å²) in [7, 11) is 0. The minimum Gasteiger partial charge on any atom is -0.396 e. The topological polar surface area (TPSA) is 96.9 Å². The quantitative estimate of drug-likeness (QED) is 0.808. The number of amides is 1. The van der Waals surface area contributed by atoms with E-state index in [1.54, 1.807) is 6.07 Å². The molecule has 1 amide bonds. The van der Waals surface area contributed by atoms with E-state index in [9.17, 15) is 4.79 Å². The van der Waals surface area contributed by atoms with Crippen LogP contribution in [0.4, 0.5) is 5.69 Å². The maximum absolute atomic E-state index is 11.4. The van der Waals surface area contributed by atoms with Crippen molar-refractivity contribution in [3.63, 3.8) is 0 Å². The van der Waals surface area contributed by atoms with E-state index < -0.39 is 0 Å². The van der Waals surface area contributed by atoms with Crippen molar-refractivity contribution in [1.82, 2.24) is 0 Å². The highest BCUT2D eigenvalue weighted by atomic mass is 16.3. The van der Waals surface area contributed by atoms with Gasteiger partial charge in [0.1, 0.15) is 12.1 Å². The van der Waals surface area contributed by atoms with E-state index in [2.05, 4.69) is 5.32 Å². The Morgan fingerprint density at radius 1 is 1.29 bits per heavy atom. The first-order chi connectivity index (χ1) is 8.21. The third-order valence-corrected chi connectivity index (χ3v) is 2.11. The minimum atomic E-state index is -0.229. The molecule has 0 aromatic heterocycles. The molecule has 0 aliphatic rings. The number of carbonyl (C=O) groups excluding carboxylic acids is 1. The van der Waals surface area contributed by atoms with Crippen LogP contribution in [0.15, 0.2) is 18.2 Å². The lowest BCUT2D eigenvalue weighted by Gasteiger charge is -2.05. The Morgan fingerprint density at radius 3 is 2.59 bits per heavy atom. The van der Waals surface area contributed by atoms with Gasteiger partial charge in [-0.1, -0.05) is 0 Å². The highest BCUT2D eigenvalue weighted by molar-refractivity contribution is 5.91. The molecule has 86 valence electrons. The molecular weight excluding hydrogens is 218 g/mol. The predicted octanol–water partition coefficient (Wildman–Crippen LogP) is 1.14. The van der Waals surface area contributed by atoms with Gasteiger partial charge in [0, 0.05) is 18.7 Å². The van der Waals surface area contributed by atoms with Gasteiger partial charge < -0.3 is 10.4 Å². The van der Waals surface area contributed by atoms with Gasteiger partial charge in [0.05, 0.1) is 11.1 Å². The van der Waals surface area contributed by atoms with Crippen LogP contribution in [0.3, 0.4) is 0 Å². The smallest absolute Gasteiger partial charge is 0.224 e. The molecule has 17 heavy (non-hydrogen) atoms. The molecule has 5 nitrogen and oxygen atoms in total. The molecule has 2 N–H and O–H groups in total. The molecule has 1 rings (SSSR count). The fourth-order valence-corrected chi connectivity index (χ4v) is 1.28. The lowest BCUT2D eigenvalue weighted by Crippen LogP contribution is -2.11. The predicted molar refractivity (Wildman–Crippen MR) is 60.8 cm³/mol. The van der Waals surface area contributed by atoms with E-state index in [4.69, 9.17) is 15.6 Å². The fraction of sp³-hybridized carbons (Fsp3) is 0.250. The van der Waals surface area contributed by atoms with Gasteiger partial charge in [0.25, 0.3) is 0 Å². The number of anilines is 1. The normalized spacial score (nSPS) is 9.12. The van der Waals surface area contributed by atoms with E-state index in [-0.39, 0.29) is 30.1 Å². The molecule has 0 radical (unpaired) electrons. The van der Waals surface area contributed by atoms with E-state index >= 15 is 0 Å². The van der Waals surface area contributed by atoms with Crippen LogP contribution in [-0.2, 0) is 4.79 Å². The first kappa shape index (κ1) is 12.7. The van der Waals surface area contributed by atoms with Gasteiger partial charge in [0.2, 0.25) is 5.91 Å². The number of benzene rings is 1.